The van der Waals surface area contributed by atoms with Crippen LogP contribution >= 0.6 is 0 Å². The number of benzene rings is 2. The molecule has 1 atom stereocenters. The zero-order valence-electron chi connectivity index (χ0n) is 23.2. The summed E-state index contributed by atoms with van der Waals surface area (Å²) in [6.45, 7) is 3.82. The van der Waals surface area contributed by atoms with E-state index in [2.05, 4.69) is 20.8 Å². The number of ether oxygens (including phenoxy) is 1. The van der Waals surface area contributed by atoms with Gasteiger partial charge in [0.15, 0.2) is 5.82 Å². The fourth-order valence-corrected chi connectivity index (χ4v) is 7.13. The molecule has 3 fully saturated rings. The van der Waals surface area contributed by atoms with Crippen LogP contribution in [-0.4, -0.2) is 69.3 Å². The predicted molar refractivity (Wildman–Crippen MR) is 157 cm³/mol. The minimum atomic E-state index is -0.733. The highest BCUT2D eigenvalue weighted by molar-refractivity contribution is 6.03. The van der Waals surface area contributed by atoms with E-state index < -0.39 is 11.6 Å². The van der Waals surface area contributed by atoms with Crippen LogP contribution in [0.1, 0.15) is 44.1 Å². The lowest BCUT2D eigenvalue weighted by molar-refractivity contribution is 0.108. The second-order valence-electron chi connectivity index (χ2n) is 11.7. The molecule has 42 heavy (non-hydrogen) atoms. The molecular weight excluding hydrogens is 538 g/mol. The number of phenols is 1. The van der Waals surface area contributed by atoms with Gasteiger partial charge in [-0.3, -0.25) is 9.88 Å². The lowest BCUT2D eigenvalue weighted by atomic mass is 9.95. The van der Waals surface area contributed by atoms with Crippen molar-refractivity contribution >= 4 is 27.5 Å². The fourth-order valence-electron chi connectivity index (χ4n) is 7.13. The number of phenolic OH excluding ortho intramolecular Hbond substituents is 1. The van der Waals surface area contributed by atoms with Crippen molar-refractivity contribution in [3.8, 4) is 35.4 Å². The van der Waals surface area contributed by atoms with Crippen LogP contribution in [0, 0.1) is 24.0 Å². The van der Waals surface area contributed by atoms with Gasteiger partial charge in [-0.05, 0) is 75.2 Å². The molecule has 7 rings (SSSR count). The van der Waals surface area contributed by atoms with Crippen LogP contribution in [0.4, 0.5) is 14.6 Å². The van der Waals surface area contributed by atoms with E-state index in [0.717, 1.165) is 51.6 Å². The van der Waals surface area contributed by atoms with Crippen molar-refractivity contribution in [1.29, 1.82) is 0 Å². The number of piperidine rings is 1. The first kappa shape index (κ1) is 26.8. The summed E-state index contributed by atoms with van der Waals surface area (Å²) >= 11 is 0. The van der Waals surface area contributed by atoms with Crippen LogP contribution < -0.4 is 15.4 Å². The Morgan fingerprint density at radius 1 is 1.12 bits per heavy atom. The average molecular weight is 571 g/mol. The lowest BCUT2D eigenvalue weighted by Crippen LogP contribution is -2.44. The molecule has 8 nitrogen and oxygen atoms in total. The Balaban J connectivity index is 1.39. The summed E-state index contributed by atoms with van der Waals surface area (Å²) in [6.07, 6.45) is 13.3. The molecule has 3 N–H and O–H groups in total. The molecule has 0 spiro atoms. The number of aromatic hydroxyl groups is 1. The molecule has 0 amide bonds. The molecule has 3 saturated heterocycles. The second kappa shape index (κ2) is 10.3. The van der Waals surface area contributed by atoms with E-state index in [-0.39, 0.29) is 51.1 Å². The van der Waals surface area contributed by atoms with Gasteiger partial charge in [-0.15, -0.1) is 6.42 Å². The predicted octanol–water partition coefficient (Wildman–Crippen LogP) is 4.74. The standard InChI is InChI=1S/C32H32F2N6O2/c1-2-22-25(33)8-7-19-14-21(41)15-23(26(19)22)28-27(34)29-24(16-36-28)30(39-11-3-6-20(35)17-39)38-31(37-29)42-18-32-9-4-12-40(32)13-5-10-32/h1,7-8,14-16,20,41H,3-6,9-13,17-18,35H2/t20-/m0/s1. The molecule has 5 heterocycles. The Bertz CT molecular complexity index is 1750. The molecule has 10 heteroatoms. The van der Waals surface area contributed by atoms with Gasteiger partial charge >= 0.3 is 6.01 Å². The first-order valence-electron chi connectivity index (χ1n) is 14.5. The van der Waals surface area contributed by atoms with Gasteiger partial charge in [-0.2, -0.15) is 9.97 Å². The Labute approximate surface area is 242 Å². The van der Waals surface area contributed by atoms with Crippen molar-refractivity contribution in [2.45, 2.75) is 50.1 Å². The first-order chi connectivity index (χ1) is 20.4. The summed E-state index contributed by atoms with van der Waals surface area (Å²) in [5.74, 6) is 1.42. The molecule has 0 radical (unpaired) electrons. The number of fused-ring (bicyclic) bond motifs is 3. The third kappa shape index (κ3) is 4.39. The zero-order chi connectivity index (χ0) is 29.0. The molecule has 0 bridgehead atoms. The van der Waals surface area contributed by atoms with Crippen molar-refractivity contribution in [1.82, 2.24) is 19.9 Å². The third-order valence-corrected chi connectivity index (χ3v) is 9.13. The number of halogens is 2. The fraction of sp³-hybridized carbons (Fsp3) is 0.406. The summed E-state index contributed by atoms with van der Waals surface area (Å²) in [5.41, 5.74) is 6.33. The highest BCUT2D eigenvalue weighted by Crippen LogP contribution is 2.41. The number of hydrogen-bond acceptors (Lipinski definition) is 8. The molecule has 0 unspecified atom stereocenters. The van der Waals surface area contributed by atoms with E-state index in [1.54, 1.807) is 0 Å². The maximum Gasteiger partial charge on any atom is 0.319 e. The molecule has 216 valence electrons. The number of rotatable bonds is 5. The summed E-state index contributed by atoms with van der Waals surface area (Å²) in [6, 6.07) is 5.58. The maximum atomic E-state index is 16.6. The number of anilines is 1. The minimum absolute atomic E-state index is 0.0292. The second-order valence-corrected chi connectivity index (χ2v) is 11.7. The van der Waals surface area contributed by atoms with E-state index in [1.807, 2.05) is 4.90 Å². The third-order valence-electron chi connectivity index (χ3n) is 9.13. The van der Waals surface area contributed by atoms with Crippen molar-refractivity contribution in [2.75, 3.05) is 37.7 Å². The highest BCUT2D eigenvalue weighted by Gasteiger charge is 2.45. The van der Waals surface area contributed by atoms with Crippen LogP contribution in [0.5, 0.6) is 11.8 Å². The van der Waals surface area contributed by atoms with Crippen LogP contribution in [-0.2, 0) is 0 Å². The van der Waals surface area contributed by atoms with Crippen LogP contribution in [0.15, 0.2) is 30.5 Å². The molecule has 3 aliphatic rings. The van der Waals surface area contributed by atoms with Crippen LogP contribution in [0.25, 0.3) is 32.9 Å². The first-order valence-corrected chi connectivity index (χ1v) is 14.5. The van der Waals surface area contributed by atoms with Gasteiger partial charge in [-0.25, -0.2) is 8.78 Å². The van der Waals surface area contributed by atoms with E-state index in [1.165, 1.54) is 30.5 Å². The Morgan fingerprint density at radius 3 is 2.69 bits per heavy atom. The Hall–Kier alpha value is -4.07. The molecule has 3 aliphatic heterocycles. The summed E-state index contributed by atoms with van der Waals surface area (Å²) in [4.78, 5) is 18.3. The van der Waals surface area contributed by atoms with E-state index in [0.29, 0.717) is 36.3 Å². The van der Waals surface area contributed by atoms with Crippen molar-refractivity contribution in [2.24, 2.45) is 5.73 Å². The normalized spacial score (nSPS) is 20.2. The lowest BCUT2D eigenvalue weighted by Gasteiger charge is -2.33. The number of terminal acetylenes is 1. The molecule has 4 aromatic rings. The zero-order valence-corrected chi connectivity index (χ0v) is 23.2. The van der Waals surface area contributed by atoms with E-state index >= 15 is 4.39 Å². The molecule has 0 aliphatic carbocycles. The molecular formula is C32H32F2N6O2. The Morgan fingerprint density at radius 2 is 1.93 bits per heavy atom. The number of aromatic nitrogens is 3. The minimum Gasteiger partial charge on any atom is -0.508 e. The van der Waals surface area contributed by atoms with E-state index in [9.17, 15) is 9.50 Å². The summed E-state index contributed by atoms with van der Waals surface area (Å²) < 4.78 is 37.6. The number of nitrogens with two attached hydrogens (primary N) is 1. The van der Waals surface area contributed by atoms with Gasteiger partial charge in [0.05, 0.1) is 16.5 Å². The van der Waals surface area contributed by atoms with Gasteiger partial charge in [-0.1, -0.05) is 12.0 Å². The van der Waals surface area contributed by atoms with Gasteiger partial charge < -0.3 is 20.5 Å². The smallest absolute Gasteiger partial charge is 0.319 e. The molecule has 2 aromatic carbocycles. The van der Waals surface area contributed by atoms with Crippen LogP contribution in [0.2, 0.25) is 0 Å². The largest absolute Gasteiger partial charge is 0.508 e. The van der Waals surface area contributed by atoms with Gasteiger partial charge in [0.25, 0.3) is 0 Å². The van der Waals surface area contributed by atoms with Crippen molar-refractivity contribution in [3.63, 3.8) is 0 Å². The summed E-state index contributed by atoms with van der Waals surface area (Å²) in [7, 11) is 0. The highest BCUT2D eigenvalue weighted by atomic mass is 19.1. The van der Waals surface area contributed by atoms with Crippen molar-refractivity contribution < 1.29 is 18.6 Å². The summed E-state index contributed by atoms with van der Waals surface area (Å²) in [5, 5.41) is 11.7. The van der Waals surface area contributed by atoms with Gasteiger partial charge in [0.2, 0.25) is 0 Å². The molecule has 2 aromatic heterocycles. The molecule has 0 saturated carbocycles. The Kier molecular flexibility index (Phi) is 6.59. The monoisotopic (exact) mass is 570 g/mol. The van der Waals surface area contributed by atoms with Crippen molar-refractivity contribution in [3.05, 3.63) is 47.7 Å². The van der Waals surface area contributed by atoms with Gasteiger partial charge in [0.1, 0.15) is 35.2 Å². The SMILES string of the molecule is C#Cc1c(F)ccc2cc(O)cc(-c3ncc4c(N5CCC[C@H](N)C5)nc(OCC56CCCN5CCC6)nc4c3F)c12. The topological polar surface area (TPSA) is 101 Å². The number of pyridine rings is 1. The van der Waals surface area contributed by atoms with E-state index in [4.69, 9.17) is 21.9 Å². The number of hydrogen-bond donors (Lipinski definition) is 2. The van der Waals surface area contributed by atoms with Gasteiger partial charge in [0, 0.05) is 36.3 Å². The number of nitrogens with zero attached hydrogens (tertiary/aromatic N) is 5. The maximum absolute atomic E-state index is 16.6. The van der Waals surface area contributed by atoms with Crippen LogP contribution in [0.3, 0.4) is 0 Å². The quantitative estimate of drug-likeness (QED) is 0.332. The average Bonchev–Trinajstić information content (AvgIpc) is 3.57.